The summed E-state index contributed by atoms with van der Waals surface area (Å²) in [5, 5.41) is 0. The predicted molar refractivity (Wildman–Crippen MR) is 94.5 cm³/mol. The molecule has 24 heavy (non-hydrogen) atoms. The number of ether oxygens (including phenoxy) is 1. The minimum atomic E-state index is -3.51. The number of aryl methyl sites for hydroxylation is 3. The van der Waals surface area contributed by atoms with Gasteiger partial charge in [-0.25, -0.2) is 8.42 Å². The molecule has 1 heterocycles. The van der Waals surface area contributed by atoms with Gasteiger partial charge in [0.05, 0.1) is 17.6 Å². The molecule has 4 nitrogen and oxygen atoms in total. The van der Waals surface area contributed by atoms with E-state index in [2.05, 4.69) is 0 Å². The molecule has 1 aliphatic heterocycles. The number of rotatable bonds is 3. The fourth-order valence-electron chi connectivity index (χ4n) is 3.05. The van der Waals surface area contributed by atoms with Crippen LogP contribution in [0, 0.1) is 20.8 Å². The Kier molecular flexibility index (Phi) is 4.76. The molecule has 0 aliphatic carbocycles. The summed E-state index contributed by atoms with van der Waals surface area (Å²) in [4.78, 5) is 0.387. The average molecular weight is 345 g/mol. The average Bonchev–Trinajstić information content (AvgIpc) is 2.55. The minimum Gasteiger partial charge on any atom is -0.371 e. The van der Waals surface area contributed by atoms with Gasteiger partial charge >= 0.3 is 0 Å². The first-order valence-corrected chi connectivity index (χ1v) is 9.57. The van der Waals surface area contributed by atoms with Crippen LogP contribution in [0.3, 0.4) is 0 Å². The summed E-state index contributed by atoms with van der Waals surface area (Å²) in [7, 11) is -3.51. The van der Waals surface area contributed by atoms with Gasteiger partial charge in [0.25, 0.3) is 0 Å². The summed E-state index contributed by atoms with van der Waals surface area (Å²) in [6.45, 7) is 6.98. The molecule has 0 amide bonds. The van der Waals surface area contributed by atoms with E-state index in [1.54, 1.807) is 10.4 Å². The van der Waals surface area contributed by atoms with E-state index in [1.165, 1.54) is 5.56 Å². The van der Waals surface area contributed by atoms with Gasteiger partial charge in [0.15, 0.2) is 0 Å². The predicted octanol–water partition coefficient (Wildman–Crippen LogP) is 3.37. The molecule has 3 rings (SSSR count). The van der Waals surface area contributed by atoms with Gasteiger partial charge < -0.3 is 4.74 Å². The number of benzene rings is 2. The van der Waals surface area contributed by atoms with Gasteiger partial charge in [-0.05, 0) is 38.0 Å². The Morgan fingerprint density at radius 2 is 1.67 bits per heavy atom. The van der Waals surface area contributed by atoms with Crippen molar-refractivity contribution in [3.8, 4) is 0 Å². The van der Waals surface area contributed by atoms with Crippen molar-refractivity contribution in [3.05, 3.63) is 64.7 Å². The van der Waals surface area contributed by atoms with E-state index in [1.807, 2.05) is 57.2 Å². The van der Waals surface area contributed by atoms with Crippen LogP contribution in [0.1, 0.15) is 28.4 Å². The summed E-state index contributed by atoms with van der Waals surface area (Å²) >= 11 is 0. The molecule has 0 saturated carbocycles. The summed E-state index contributed by atoms with van der Waals surface area (Å²) < 4.78 is 33.4. The molecule has 2 aromatic carbocycles. The molecular formula is C19H23NO3S. The highest BCUT2D eigenvalue weighted by molar-refractivity contribution is 7.89. The Morgan fingerprint density at radius 3 is 2.33 bits per heavy atom. The number of nitrogens with zero attached hydrogens (tertiary/aromatic N) is 1. The zero-order chi connectivity index (χ0) is 17.3. The second-order valence-corrected chi connectivity index (χ2v) is 8.31. The van der Waals surface area contributed by atoms with E-state index in [0.717, 1.165) is 16.7 Å². The van der Waals surface area contributed by atoms with Gasteiger partial charge in [0.1, 0.15) is 0 Å². The summed E-state index contributed by atoms with van der Waals surface area (Å²) in [5.74, 6) is 0. The van der Waals surface area contributed by atoms with E-state index in [4.69, 9.17) is 4.74 Å². The Labute approximate surface area is 144 Å². The smallest absolute Gasteiger partial charge is 0.243 e. The Balaban J connectivity index is 1.87. The van der Waals surface area contributed by atoms with Crippen molar-refractivity contribution < 1.29 is 13.2 Å². The van der Waals surface area contributed by atoms with Crippen molar-refractivity contribution in [1.82, 2.24) is 4.31 Å². The largest absolute Gasteiger partial charge is 0.371 e. The van der Waals surface area contributed by atoms with Gasteiger partial charge in [-0.2, -0.15) is 4.31 Å². The lowest BCUT2D eigenvalue weighted by molar-refractivity contribution is -0.00257. The first kappa shape index (κ1) is 17.1. The van der Waals surface area contributed by atoms with Gasteiger partial charge in [0, 0.05) is 13.1 Å². The van der Waals surface area contributed by atoms with E-state index < -0.39 is 10.0 Å². The lowest BCUT2D eigenvalue weighted by Crippen LogP contribution is -2.42. The summed E-state index contributed by atoms with van der Waals surface area (Å²) in [6, 6.07) is 13.5. The maximum Gasteiger partial charge on any atom is 0.243 e. The SMILES string of the molecule is Cc1ccc(C2CN(S(=O)(=O)c3ccc(C)cc3C)CCO2)cc1. The molecule has 1 unspecified atom stereocenters. The van der Waals surface area contributed by atoms with Crippen molar-refractivity contribution in [2.45, 2.75) is 31.8 Å². The van der Waals surface area contributed by atoms with Gasteiger partial charge in [-0.15, -0.1) is 0 Å². The standard InChI is InChI=1S/C19H23NO3S/c1-14-4-7-17(8-5-14)18-13-20(10-11-23-18)24(21,22)19-9-6-15(2)12-16(19)3/h4-9,12,18H,10-11,13H2,1-3H3. The number of hydrogen-bond donors (Lipinski definition) is 0. The third kappa shape index (κ3) is 3.38. The molecule has 1 atom stereocenters. The van der Waals surface area contributed by atoms with Crippen LogP contribution in [0.4, 0.5) is 0 Å². The fraction of sp³-hybridized carbons (Fsp3) is 0.368. The number of morpholine rings is 1. The quantitative estimate of drug-likeness (QED) is 0.857. The van der Waals surface area contributed by atoms with E-state index in [0.29, 0.717) is 24.6 Å². The lowest BCUT2D eigenvalue weighted by Gasteiger charge is -2.32. The van der Waals surface area contributed by atoms with Crippen molar-refractivity contribution in [2.24, 2.45) is 0 Å². The molecule has 0 N–H and O–H groups in total. The van der Waals surface area contributed by atoms with Crippen LogP contribution in [-0.4, -0.2) is 32.4 Å². The fourth-order valence-corrected chi connectivity index (χ4v) is 4.69. The van der Waals surface area contributed by atoms with Crippen molar-refractivity contribution >= 4 is 10.0 Å². The number of sulfonamides is 1. The first-order valence-electron chi connectivity index (χ1n) is 8.13. The normalized spacial score (nSPS) is 19.4. The highest BCUT2D eigenvalue weighted by atomic mass is 32.2. The van der Waals surface area contributed by atoms with Crippen molar-refractivity contribution in [1.29, 1.82) is 0 Å². The van der Waals surface area contributed by atoms with E-state index >= 15 is 0 Å². The van der Waals surface area contributed by atoms with Gasteiger partial charge in [-0.1, -0.05) is 47.5 Å². The van der Waals surface area contributed by atoms with Gasteiger partial charge in [-0.3, -0.25) is 0 Å². The Hall–Kier alpha value is -1.69. The molecule has 0 spiro atoms. The molecule has 2 aromatic rings. The van der Waals surface area contributed by atoms with E-state index in [-0.39, 0.29) is 6.10 Å². The van der Waals surface area contributed by atoms with Gasteiger partial charge in [0.2, 0.25) is 10.0 Å². The third-order valence-corrected chi connectivity index (χ3v) is 6.45. The Bertz CT molecular complexity index is 828. The summed E-state index contributed by atoms with van der Waals surface area (Å²) in [5.41, 5.74) is 4.04. The van der Waals surface area contributed by atoms with E-state index in [9.17, 15) is 8.42 Å². The molecule has 0 bridgehead atoms. The maximum atomic E-state index is 13.0. The molecule has 128 valence electrons. The second-order valence-electron chi connectivity index (χ2n) is 6.40. The highest BCUT2D eigenvalue weighted by Crippen LogP contribution is 2.28. The monoisotopic (exact) mass is 345 g/mol. The minimum absolute atomic E-state index is 0.222. The van der Waals surface area contributed by atoms with Crippen LogP contribution in [-0.2, 0) is 14.8 Å². The second kappa shape index (κ2) is 6.67. The third-order valence-electron chi connectivity index (χ3n) is 4.43. The topological polar surface area (TPSA) is 46.6 Å². The molecule has 5 heteroatoms. The molecule has 1 aliphatic rings. The van der Waals surface area contributed by atoms with Crippen LogP contribution >= 0.6 is 0 Å². The van der Waals surface area contributed by atoms with Crippen LogP contribution in [0.2, 0.25) is 0 Å². The van der Waals surface area contributed by atoms with Crippen LogP contribution in [0.25, 0.3) is 0 Å². The van der Waals surface area contributed by atoms with Crippen LogP contribution in [0.15, 0.2) is 47.4 Å². The zero-order valence-corrected chi connectivity index (χ0v) is 15.1. The summed E-state index contributed by atoms with van der Waals surface area (Å²) in [6.07, 6.45) is -0.222. The molecule has 1 fully saturated rings. The maximum absolute atomic E-state index is 13.0. The van der Waals surface area contributed by atoms with Crippen molar-refractivity contribution in [3.63, 3.8) is 0 Å². The van der Waals surface area contributed by atoms with Crippen LogP contribution < -0.4 is 0 Å². The Morgan fingerprint density at radius 1 is 1.00 bits per heavy atom. The first-order chi connectivity index (χ1) is 11.4. The lowest BCUT2D eigenvalue weighted by atomic mass is 10.1. The van der Waals surface area contributed by atoms with Crippen molar-refractivity contribution in [2.75, 3.05) is 19.7 Å². The molecule has 1 saturated heterocycles. The van der Waals surface area contributed by atoms with Crippen LogP contribution in [0.5, 0.6) is 0 Å². The molecular weight excluding hydrogens is 322 g/mol. The molecule has 0 aromatic heterocycles. The number of hydrogen-bond acceptors (Lipinski definition) is 3. The zero-order valence-electron chi connectivity index (χ0n) is 14.3. The highest BCUT2D eigenvalue weighted by Gasteiger charge is 2.32. The molecule has 0 radical (unpaired) electrons.